The van der Waals surface area contributed by atoms with Gasteiger partial charge in [0.25, 0.3) is 0 Å². The van der Waals surface area contributed by atoms with Crippen LogP contribution in [0.4, 0.5) is 0 Å². The van der Waals surface area contributed by atoms with E-state index in [0.29, 0.717) is 5.71 Å². The largest absolute Gasteiger partial charge is 0.508 e. The van der Waals surface area contributed by atoms with Crippen molar-refractivity contribution < 1.29 is 5.11 Å². The van der Waals surface area contributed by atoms with Gasteiger partial charge in [0.2, 0.25) is 0 Å². The average Bonchev–Trinajstić information content (AvgIpc) is 1.88. The Balaban J connectivity index is 2.89. The van der Waals surface area contributed by atoms with Crippen LogP contribution in [-0.2, 0) is 0 Å². The summed E-state index contributed by atoms with van der Waals surface area (Å²) in [6.45, 7) is 1.70. The molecule has 0 saturated carbocycles. The van der Waals surface area contributed by atoms with Gasteiger partial charge in [0.15, 0.2) is 0 Å². The number of allylic oxidation sites excluding steroid dienone is 3. The first kappa shape index (κ1) is 7.06. The molecule has 2 nitrogen and oxygen atoms in total. The molecule has 0 bridgehead atoms. The van der Waals surface area contributed by atoms with Crippen LogP contribution in [-0.4, -0.2) is 10.8 Å². The van der Waals surface area contributed by atoms with Gasteiger partial charge in [-0.25, -0.2) is 0 Å². The van der Waals surface area contributed by atoms with E-state index in [1.807, 2.05) is 6.08 Å². The van der Waals surface area contributed by atoms with Gasteiger partial charge >= 0.3 is 0 Å². The van der Waals surface area contributed by atoms with Crippen molar-refractivity contribution in [3.8, 4) is 0 Å². The minimum atomic E-state index is 0.263. The number of aliphatic hydroxyl groups is 1. The first-order valence-corrected chi connectivity index (χ1v) is 3.36. The first-order chi connectivity index (χ1) is 4.72. The lowest BCUT2D eigenvalue weighted by atomic mass is 10.0. The predicted molar refractivity (Wildman–Crippen MR) is 41.4 cm³/mol. The minimum Gasteiger partial charge on any atom is -0.508 e. The molecule has 0 aromatic heterocycles. The van der Waals surface area contributed by atoms with Gasteiger partial charge in [-0.1, -0.05) is 6.08 Å². The molecular formula is C8H11NO. The van der Waals surface area contributed by atoms with Crippen LogP contribution in [0.2, 0.25) is 0 Å². The zero-order valence-corrected chi connectivity index (χ0v) is 6.02. The van der Waals surface area contributed by atoms with E-state index in [4.69, 9.17) is 5.41 Å². The molecule has 1 rings (SSSR count). The van der Waals surface area contributed by atoms with Crippen LogP contribution in [0.3, 0.4) is 0 Å². The minimum absolute atomic E-state index is 0.263. The topological polar surface area (TPSA) is 44.1 Å². The van der Waals surface area contributed by atoms with Gasteiger partial charge in [-0.3, -0.25) is 0 Å². The van der Waals surface area contributed by atoms with Crippen molar-refractivity contribution in [1.82, 2.24) is 0 Å². The van der Waals surface area contributed by atoms with E-state index >= 15 is 0 Å². The van der Waals surface area contributed by atoms with Crippen LogP contribution in [0.1, 0.15) is 19.8 Å². The highest BCUT2D eigenvalue weighted by Crippen LogP contribution is 2.17. The molecular weight excluding hydrogens is 126 g/mol. The quantitative estimate of drug-likeness (QED) is 0.534. The molecule has 10 heavy (non-hydrogen) atoms. The second-order valence-corrected chi connectivity index (χ2v) is 2.43. The number of rotatable bonds is 1. The molecule has 0 aromatic carbocycles. The van der Waals surface area contributed by atoms with Crippen molar-refractivity contribution >= 4 is 5.71 Å². The summed E-state index contributed by atoms with van der Waals surface area (Å²) in [6.07, 6.45) is 5.33. The van der Waals surface area contributed by atoms with E-state index in [1.54, 1.807) is 13.0 Å². The van der Waals surface area contributed by atoms with E-state index in [2.05, 4.69) is 0 Å². The first-order valence-electron chi connectivity index (χ1n) is 3.36. The lowest BCUT2D eigenvalue weighted by molar-refractivity contribution is 0.423. The van der Waals surface area contributed by atoms with Crippen LogP contribution < -0.4 is 0 Å². The molecule has 0 fully saturated rings. The van der Waals surface area contributed by atoms with Gasteiger partial charge in [0, 0.05) is 11.3 Å². The maximum Gasteiger partial charge on any atom is 0.120 e. The molecule has 54 valence electrons. The summed E-state index contributed by atoms with van der Waals surface area (Å²) in [5.74, 6) is 0.263. The molecule has 0 heterocycles. The summed E-state index contributed by atoms with van der Waals surface area (Å²) in [4.78, 5) is 0. The molecule has 2 N–H and O–H groups in total. The summed E-state index contributed by atoms with van der Waals surface area (Å²) in [6, 6.07) is 0. The Morgan fingerprint density at radius 3 is 2.80 bits per heavy atom. The van der Waals surface area contributed by atoms with Crippen LogP contribution in [0.25, 0.3) is 0 Å². The third-order valence-corrected chi connectivity index (χ3v) is 1.60. The fraction of sp³-hybridized carbons (Fsp3) is 0.375. The van der Waals surface area contributed by atoms with Crippen LogP contribution in [0.15, 0.2) is 23.5 Å². The van der Waals surface area contributed by atoms with E-state index in [0.717, 1.165) is 18.4 Å². The maximum absolute atomic E-state index is 9.19. The molecule has 0 atom stereocenters. The van der Waals surface area contributed by atoms with Crippen LogP contribution >= 0.6 is 0 Å². The molecule has 0 aliphatic heterocycles. The van der Waals surface area contributed by atoms with Crippen molar-refractivity contribution in [2.75, 3.05) is 0 Å². The molecule has 1 aliphatic rings. The molecule has 2 heteroatoms. The van der Waals surface area contributed by atoms with E-state index in [-0.39, 0.29) is 5.76 Å². The van der Waals surface area contributed by atoms with Crippen LogP contribution in [0, 0.1) is 5.41 Å². The van der Waals surface area contributed by atoms with Crippen molar-refractivity contribution in [2.24, 2.45) is 0 Å². The number of nitrogens with one attached hydrogen (secondary N) is 1. The van der Waals surface area contributed by atoms with Crippen molar-refractivity contribution in [2.45, 2.75) is 19.8 Å². The SMILES string of the molecule is CC(=N)C1=C(O)C=CCC1. The molecule has 0 aromatic rings. The summed E-state index contributed by atoms with van der Waals surface area (Å²) in [5, 5.41) is 16.5. The highest BCUT2D eigenvalue weighted by molar-refractivity contribution is 5.96. The predicted octanol–water partition coefficient (Wildman–Crippen LogP) is 2.19. The molecule has 0 radical (unpaired) electrons. The van der Waals surface area contributed by atoms with Gasteiger partial charge in [-0.15, -0.1) is 0 Å². The Bertz CT molecular complexity index is 213. The molecule has 0 spiro atoms. The fourth-order valence-electron chi connectivity index (χ4n) is 1.03. The summed E-state index contributed by atoms with van der Waals surface area (Å²) in [5.41, 5.74) is 1.25. The summed E-state index contributed by atoms with van der Waals surface area (Å²) >= 11 is 0. The number of hydrogen-bond donors (Lipinski definition) is 2. The normalized spacial score (nSPS) is 17.7. The van der Waals surface area contributed by atoms with Gasteiger partial charge in [-0.2, -0.15) is 0 Å². The zero-order valence-electron chi connectivity index (χ0n) is 6.02. The molecule has 0 amide bonds. The average molecular weight is 137 g/mol. The lowest BCUT2D eigenvalue weighted by Gasteiger charge is -2.09. The van der Waals surface area contributed by atoms with Crippen molar-refractivity contribution in [3.05, 3.63) is 23.5 Å². The fourth-order valence-corrected chi connectivity index (χ4v) is 1.03. The third kappa shape index (κ3) is 1.26. The second-order valence-electron chi connectivity index (χ2n) is 2.43. The van der Waals surface area contributed by atoms with E-state index < -0.39 is 0 Å². The molecule has 0 saturated heterocycles. The highest BCUT2D eigenvalue weighted by Gasteiger charge is 2.07. The number of aliphatic hydroxyl groups excluding tert-OH is 1. The monoisotopic (exact) mass is 137 g/mol. The Kier molecular flexibility index (Phi) is 1.90. The molecule has 0 unspecified atom stereocenters. The van der Waals surface area contributed by atoms with Gasteiger partial charge in [0.05, 0.1) is 0 Å². The van der Waals surface area contributed by atoms with Crippen molar-refractivity contribution in [1.29, 1.82) is 5.41 Å². The third-order valence-electron chi connectivity index (χ3n) is 1.60. The Morgan fingerprint density at radius 1 is 1.70 bits per heavy atom. The summed E-state index contributed by atoms with van der Waals surface area (Å²) < 4.78 is 0. The van der Waals surface area contributed by atoms with E-state index in [1.165, 1.54) is 0 Å². The van der Waals surface area contributed by atoms with Crippen molar-refractivity contribution in [3.63, 3.8) is 0 Å². The Hall–Kier alpha value is -1.05. The number of hydrogen-bond acceptors (Lipinski definition) is 2. The van der Waals surface area contributed by atoms with Gasteiger partial charge < -0.3 is 10.5 Å². The smallest absolute Gasteiger partial charge is 0.120 e. The van der Waals surface area contributed by atoms with Gasteiger partial charge in [-0.05, 0) is 25.8 Å². The molecule has 1 aliphatic carbocycles. The Labute approximate surface area is 60.4 Å². The lowest BCUT2D eigenvalue weighted by Crippen LogP contribution is -2.02. The van der Waals surface area contributed by atoms with E-state index in [9.17, 15) is 5.11 Å². The summed E-state index contributed by atoms with van der Waals surface area (Å²) in [7, 11) is 0. The van der Waals surface area contributed by atoms with Gasteiger partial charge in [0.1, 0.15) is 5.76 Å². The van der Waals surface area contributed by atoms with Crippen LogP contribution in [0.5, 0.6) is 0 Å². The zero-order chi connectivity index (χ0) is 7.56. The highest BCUT2D eigenvalue weighted by atomic mass is 16.3. The maximum atomic E-state index is 9.19. The standard InChI is InChI=1S/C8H11NO/c1-6(9)7-4-2-3-5-8(7)10/h3,5,9-10H,2,4H2,1H3. The Morgan fingerprint density at radius 2 is 2.40 bits per heavy atom. The second kappa shape index (κ2) is 2.69.